The largest absolute Gasteiger partial charge is 0.375 e. The van der Waals surface area contributed by atoms with Gasteiger partial charge in [-0.3, -0.25) is 9.69 Å². The number of likely N-dealkylation sites (N-methyl/N-ethyl adjacent to an activating group) is 1. The molecule has 6 heteroatoms. The summed E-state index contributed by atoms with van der Waals surface area (Å²) in [6.07, 6.45) is 2.30. The summed E-state index contributed by atoms with van der Waals surface area (Å²) < 4.78 is 5.93. The maximum atomic E-state index is 12.1. The Kier molecular flexibility index (Phi) is 5.27. The molecule has 0 radical (unpaired) electrons. The summed E-state index contributed by atoms with van der Waals surface area (Å²) in [5, 5.41) is 3.17. The van der Waals surface area contributed by atoms with Crippen LogP contribution in [0.15, 0.2) is 5.38 Å². The maximum absolute atomic E-state index is 12.1. The van der Waals surface area contributed by atoms with Gasteiger partial charge >= 0.3 is 0 Å². The van der Waals surface area contributed by atoms with Crippen molar-refractivity contribution in [2.45, 2.75) is 45.8 Å². The van der Waals surface area contributed by atoms with E-state index in [1.54, 1.807) is 11.3 Å². The Morgan fingerprint density at radius 2 is 2.25 bits per heavy atom. The number of aromatic nitrogens is 1. The number of ether oxygens (including phenoxy) is 1. The number of hydrogen-bond acceptors (Lipinski definition) is 5. The maximum Gasteiger partial charge on any atom is 0.225 e. The molecule has 0 bridgehead atoms. The second-order valence-electron chi connectivity index (χ2n) is 7.73. The fourth-order valence-corrected chi connectivity index (χ4v) is 4.51. The number of likely N-dealkylation sites (tertiary alicyclic amines) is 2. The van der Waals surface area contributed by atoms with Gasteiger partial charge in [-0.15, -0.1) is 11.3 Å². The number of nitrogens with zero attached hydrogens (tertiary/aromatic N) is 3. The Hall–Kier alpha value is -0.980. The van der Waals surface area contributed by atoms with Crippen LogP contribution in [-0.2, 0) is 16.1 Å². The third kappa shape index (κ3) is 3.65. The highest BCUT2D eigenvalue weighted by molar-refractivity contribution is 7.09. The number of rotatable bonds is 5. The van der Waals surface area contributed by atoms with Crippen LogP contribution < -0.4 is 0 Å². The van der Waals surface area contributed by atoms with E-state index in [1.807, 2.05) is 25.7 Å². The minimum absolute atomic E-state index is 0.0944. The van der Waals surface area contributed by atoms with Crippen molar-refractivity contribution in [1.29, 1.82) is 0 Å². The third-order valence-electron chi connectivity index (χ3n) is 5.40. The normalized spacial score (nSPS) is 23.7. The number of carbonyl (C=O) groups is 1. The van der Waals surface area contributed by atoms with Gasteiger partial charge in [0.15, 0.2) is 0 Å². The van der Waals surface area contributed by atoms with Crippen molar-refractivity contribution < 1.29 is 9.53 Å². The van der Waals surface area contributed by atoms with Crippen LogP contribution in [0.4, 0.5) is 0 Å². The molecule has 1 amide bonds. The number of piperidine rings is 1. The first-order chi connectivity index (χ1) is 11.4. The molecule has 2 aliphatic heterocycles. The van der Waals surface area contributed by atoms with Crippen molar-refractivity contribution in [2.75, 3.05) is 33.3 Å². The summed E-state index contributed by atoms with van der Waals surface area (Å²) in [6.45, 7) is 10.2. The minimum Gasteiger partial charge on any atom is -0.375 e. The van der Waals surface area contributed by atoms with E-state index in [1.165, 1.54) is 6.42 Å². The van der Waals surface area contributed by atoms with Crippen LogP contribution in [0.5, 0.6) is 0 Å². The van der Waals surface area contributed by atoms with E-state index in [0.29, 0.717) is 12.5 Å². The first-order valence-electron chi connectivity index (χ1n) is 8.88. The predicted molar refractivity (Wildman–Crippen MR) is 96.0 cm³/mol. The summed E-state index contributed by atoms with van der Waals surface area (Å²) in [5.41, 5.74) is 1.21. The summed E-state index contributed by atoms with van der Waals surface area (Å²) in [5.74, 6) is 0.959. The summed E-state index contributed by atoms with van der Waals surface area (Å²) >= 11 is 1.67. The Balaban J connectivity index is 1.48. The lowest BCUT2D eigenvalue weighted by molar-refractivity contribution is -0.154. The Morgan fingerprint density at radius 3 is 2.88 bits per heavy atom. The molecule has 5 nitrogen and oxygen atoms in total. The summed E-state index contributed by atoms with van der Waals surface area (Å²) in [7, 11) is 2.20. The Bertz CT molecular complexity index is 581. The second-order valence-corrected chi connectivity index (χ2v) is 8.79. The summed E-state index contributed by atoms with van der Waals surface area (Å²) in [6, 6.07) is 0. The van der Waals surface area contributed by atoms with Crippen LogP contribution in [0.1, 0.15) is 37.4 Å². The van der Waals surface area contributed by atoms with Gasteiger partial charge in [-0.1, -0.05) is 13.8 Å². The molecule has 0 N–H and O–H groups in total. The molecule has 2 saturated heterocycles. The van der Waals surface area contributed by atoms with Gasteiger partial charge in [-0.2, -0.15) is 0 Å². The minimum atomic E-state index is 0.0944. The SMILES string of the molecule is Cc1nc(COC[C@@H]2CCN(C)C3(C2)CN(C(=O)C(C)C)C3)cs1. The van der Waals surface area contributed by atoms with Crippen LogP contribution in [0.3, 0.4) is 0 Å². The van der Waals surface area contributed by atoms with Crippen molar-refractivity contribution in [2.24, 2.45) is 11.8 Å². The van der Waals surface area contributed by atoms with E-state index in [2.05, 4.69) is 22.3 Å². The lowest BCUT2D eigenvalue weighted by atomic mass is 9.75. The molecule has 134 valence electrons. The molecule has 0 aliphatic carbocycles. The molecule has 3 heterocycles. The zero-order valence-electron chi connectivity index (χ0n) is 15.2. The molecule has 1 atom stereocenters. The average molecular weight is 352 g/mol. The average Bonchev–Trinajstić information content (AvgIpc) is 2.91. The van der Waals surface area contributed by atoms with Crippen molar-refractivity contribution in [3.05, 3.63) is 16.1 Å². The highest BCUT2D eigenvalue weighted by Crippen LogP contribution is 2.38. The number of thiazole rings is 1. The van der Waals surface area contributed by atoms with Crippen molar-refractivity contribution in [3.63, 3.8) is 0 Å². The number of hydrogen-bond donors (Lipinski definition) is 0. The van der Waals surface area contributed by atoms with Crippen LogP contribution in [0, 0.1) is 18.8 Å². The summed E-state index contributed by atoms with van der Waals surface area (Å²) in [4.78, 5) is 21.1. The zero-order chi connectivity index (χ0) is 17.3. The van der Waals surface area contributed by atoms with Crippen molar-refractivity contribution in [1.82, 2.24) is 14.8 Å². The lowest BCUT2D eigenvalue weighted by Gasteiger charge is -2.58. The van der Waals surface area contributed by atoms with E-state index in [9.17, 15) is 4.79 Å². The van der Waals surface area contributed by atoms with Gasteiger partial charge in [0.1, 0.15) is 0 Å². The molecule has 24 heavy (non-hydrogen) atoms. The monoisotopic (exact) mass is 351 g/mol. The topological polar surface area (TPSA) is 45.7 Å². The van der Waals surface area contributed by atoms with Crippen molar-refractivity contribution >= 4 is 17.2 Å². The zero-order valence-corrected chi connectivity index (χ0v) is 16.1. The van der Waals surface area contributed by atoms with Crippen LogP contribution in [-0.4, -0.2) is 59.5 Å². The van der Waals surface area contributed by atoms with E-state index in [-0.39, 0.29) is 17.4 Å². The van der Waals surface area contributed by atoms with E-state index < -0.39 is 0 Å². The van der Waals surface area contributed by atoms with Crippen molar-refractivity contribution in [3.8, 4) is 0 Å². The van der Waals surface area contributed by atoms with Gasteiger partial charge in [-0.25, -0.2) is 4.98 Å². The molecular formula is C18H29N3O2S. The number of aryl methyl sites for hydroxylation is 1. The molecule has 2 aliphatic rings. The highest BCUT2D eigenvalue weighted by Gasteiger charge is 2.51. The second kappa shape index (κ2) is 7.10. The molecule has 0 unspecified atom stereocenters. The fourth-order valence-electron chi connectivity index (χ4n) is 3.91. The van der Waals surface area contributed by atoms with E-state index in [4.69, 9.17) is 4.74 Å². The quantitative estimate of drug-likeness (QED) is 0.818. The molecule has 0 aromatic carbocycles. The van der Waals surface area contributed by atoms with E-state index in [0.717, 1.165) is 43.4 Å². The van der Waals surface area contributed by atoms with Gasteiger partial charge in [0, 0.05) is 24.4 Å². The van der Waals surface area contributed by atoms with Gasteiger partial charge < -0.3 is 9.64 Å². The van der Waals surface area contributed by atoms with Crippen LogP contribution >= 0.6 is 11.3 Å². The Morgan fingerprint density at radius 1 is 1.50 bits per heavy atom. The molecule has 1 spiro atoms. The van der Waals surface area contributed by atoms with E-state index >= 15 is 0 Å². The molecule has 3 rings (SSSR count). The predicted octanol–water partition coefficient (Wildman–Crippen LogP) is 2.55. The first-order valence-corrected chi connectivity index (χ1v) is 9.76. The van der Waals surface area contributed by atoms with Gasteiger partial charge in [0.2, 0.25) is 5.91 Å². The molecular weight excluding hydrogens is 322 g/mol. The molecule has 2 fully saturated rings. The smallest absolute Gasteiger partial charge is 0.225 e. The van der Waals surface area contributed by atoms with Crippen LogP contribution in [0.2, 0.25) is 0 Å². The first kappa shape index (κ1) is 17.8. The Labute approximate surface area is 149 Å². The third-order valence-corrected chi connectivity index (χ3v) is 6.22. The number of carbonyl (C=O) groups excluding carboxylic acids is 1. The van der Waals surface area contributed by atoms with Gasteiger partial charge in [-0.05, 0) is 39.3 Å². The molecule has 1 aromatic heterocycles. The lowest BCUT2D eigenvalue weighted by Crippen LogP contribution is -2.73. The molecule has 1 aromatic rings. The standard InChI is InChI=1S/C18H29N3O2S/c1-13(2)17(22)21-11-18(12-21)7-15(5-6-20(18)4)8-23-9-16-10-24-14(3)19-16/h10,13,15H,5-9,11-12H2,1-4H3/t15-/m1/s1. The van der Waals surface area contributed by atoms with Gasteiger partial charge in [0.25, 0.3) is 0 Å². The highest BCUT2D eigenvalue weighted by atomic mass is 32.1. The van der Waals surface area contributed by atoms with Crippen LogP contribution in [0.25, 0.3) is 0 Å². The molecule has 0 saturated carbocycles. The van der Waals surface area contributed by atoms with Gasteiger partial charge in [0.05, 0.1) is 29.5 Å². The number of amides is 1. The fraction of sp³-hybridized carbons (Fsp3) is 0.778.